The normalized spacial score (nSPS) is 12.0. The number of methoxy groups -OCH3 is 1. The van der Waals surface area contributed by atoms with Crippen LogP contribution in [0.1, 0.15) is 30.6 Å². The minimum atomic E-state index is -0.798. The van der Waals surface area contributed by atoms with Gasteiger partial charge >= 0.3 is 5.97 Å². The fraction of sp³-hybridized carbons (Fsp3) is 0.389. The lowest BCUT2D eigenvalue weighted by Crippen LogP contribution is -2.31. The molecule has 1 unspecified atom stereocenters. The summed E-state index contributed by atoms with van der Waals surface area (Å²) in [6.45, 7) is 3.75. The average Bonchev–Trinajstić information content (AvgIpc) is 2.59. The van der Waals surface area contributed by atoms with Gasteiger partial charge in [0.05, 0.1) is 19.3 Å². The quantitative estimate of drug-likeness (QED) is 0.705. The molecule has 0 bridgehead atoms. The Bertz CT molecular complexity index is 831. The van der Waals surface area contributed by atoms with Crippen LogP contribution in [-0.4, -0.2) is 35.3 Å². The molecular weight excluding hydrogens is 346 g/mol. The highest BCUT2D eigenvalue weighted by molar-refractivity contribution is 5.89. The Morgan fingerprint density at radius 2 is 1.92 bits per heavy atom. The van der Waals surface area contributed by atoms with E-state index in [0.29, 0.717) is 6.42 Å². The molecule has 1 aromatic heterocycles. The Kier molecular flexibility index (Phi) is 6.57. The highest BCUT2D eigenvalue weighted by atomic mass is 19.1. The van der Waals surface area contributed by atoms with Gasteiger partial charge in [0.25, 0.3) is 5.56 Å². The van der Waals surface area contributed by atoms with E-state index in [1.54, 1.807) is 6.92 Å². The number of benzene rings is 1. The molecule has 1 atom stereocenters. The van der Waals surface area contributed by atoms with Crippen molar-refractivity contribution in [2.45, 2.75) is 32.9 Å². The van der Waals surface area contributed by atoms with Gasteiger partial charge in [-0.1, -0.05) is 6.92 Å². The molecular formula is C18H20F2N2O4. The van der Waals surface area contributed by atoms with Crippen LogP contribution >= 0.6 is 0 Å². The monoisotopic (exact) mass is 366 g/mol. The van der Waals surface area contributed by atoms with E-state index >= 15 is 0 Å². The highest BCUT2D eigenvalue weighted by Gasteiger charge is 2.20. The second-order valence-electron chi connectivity index (χ2n) is 5.73. The second-order valence-corrected chi connectivity index (χ2v) is 5.73. The molecule has 0 aliphatic carbocycles. The van der Waals surface area contributed by atoms with Crippen molar-refractivity contribution in [3.8, 4) is 11.4 Å². The zero-order valence-electron chi connectivity index (χ0n) is 14.8. The molecule has 1 heterocycles. The van der Waals surface area contributed by atoms with Gasteiger partial charge in [0.1, 0.15) is 23.0 Å². The third-order valence-electron chi connectivity index (χ3n) is 3.79. The zero-order chi connectivity index (χ0) is 19.3. The van der Waals surface area contributed by atoms with Gasteiger partial charge in [0.2, 0.25) is 0 Å². The van der Waals surface area contributed by atoms with E-state index in [2.05, 4.69) is 4.98 Å². The van der Waals surface area contributed by atoms with Crippen molar-refractivity contribution < 1.29 is 23.0 Å². The number of hydrogen-bond donors (Lipinski definition) is 0. The minimum absolute atomic E-state index is 0.0329. The van der Waals surface area contributed by atoms with Gasteiger partial charge in [-0.25, -0.2) is 18.6 Å². The Morgan fingerprint density at radius 3 is 2.50 bits per heavy atom. The van der Waals surface area contributed by atoms with Crippen LogP contribution in [0, 0.1) is 11.6 Å². The molecule has 0 spiro atoms. The van der Waals surface area contributed by atoms with Crippen LogP contribution in [-0.2, 0) is 16.0 Å². The molecule has 0 N–H and O–H groups in total. The molecule has 0 saturated carbocycles. The van der Waals surface area contributed by atoms with Crippen LogP contribution in [0.15, 0.2) is 29.2 Å². The van der Waals surface area contributed by atoms with E-state index in [0.717, 1.165) is 29.0 Å². The summed E-state index contributed by atoms with van der Waals surface area (Å²) >= 11 is 0. The lowest BCUT2D eigenvalue weighted by Gasteiger charge is -2.15. The summed E-state index contributed by atoms with van der Waals surface area (Å²) in [7, 11) is 1.45. The molecule has 2 aromatic rings. The van der Waals surface area contributed by atoms with Gasteiger partial charge in [-0.15, -0.1) is 0 Å². The van der Waals surface area contributed by atoms with Crippen LogP contribution in [0.5, 0.6) is 0 Å². The number of carbonyl (C=O) groups excluding carboxylic acids is 1. The van der Waals surface area contributed by atoms with Crippen molar-refractivity contribution in [3.63, 3.8) is 0 Å². The summed E-state index contributed by atoms with van der Waals surface area (Å²) in [6.07, 6.45) is 1.30. The first-order valence-corrected chi connectivity index (χ1v) is 8.13. The highest BCUT2D eigenvalue weighted by Crippen LogP contribution is 2.19. The number of hydrogen-bond acceptors (Lipinski definition) is 5. The third-order valence-corrected chi connectivity index (χ3v) is 3.79. The van der Waals surface area contributed by atoms with Crippen molar-refractivity contribution in [1.82, 2.24) is 9.55 Å². The van der Waals surface area contributed by atoms with Gasteiger partial charge in [0, 0.05) is 24.9 Å². The first-order chi connectivity index (χ1) is 12.4. The maximum atomic E-state index is 13.5. The molecule has 0 fully saturated rings. The summed E-state index contributed by atoms with van der Waals surface area (Å²) in [5, 5.41) is 0. The summed E-state index contributed by atoms with van der Waals surface area (Å²) in [6, 6.07) is 2.84. The molecule has 0 aliphatic rings. The average molecular weight is 366 g/mol. The first-order valence-electron chi connectivity index (χ1n) is 8.13. The standard InChI is InChI=1S/C18H20F2N2O4/c1-4-11(2)26-18(24)15-10-21-16(22(17(15)23)5-6-25-3)12-7-13(19)9-14(20)8-12/h7-11H,4-6H2,1-3H3. The van der Waals surface area contributed by atoms with E-state index in [9.17, 15) is 18.4 Å². The van der Waals surface area contributed by atoms with Gasteiger partial charge in [-0.2, -0.15) is 0 Å². The van der Waals surface area contributed by atoms with Gasteiger partial charge in [-0.05, 0) is 25.5 Å². The lowest BCUT2D eigenvalue weighted by atomic mass is 10.2. The zero-order valence-corrected chi connectivity index (χ0v) is 14.8. The first kappa shape index (κ1) is 19.7. The van der Waals surface area contributed by atoms with Crippen LogP contribution in [0.3, 0.4) is 0 Å². The third kappa shape index (κ3) is 4.51. The number of nitrogens with zero attached hydrogens (tertiary/aromatic N) is 2. The van der Waals surface area contributed by atoms with Gasteiger partial charge < -0.3 is 9.47 Å². The summed E-state index contributed by atoms with van der Waals surface area (Å²) in [4.78, 5) is 29.0. The number of aromatic nitrogens is 2. The van der Waals surface area contributed by atoms with Crippen molar-refractivity contribution in [2.24, 2.45) is 0 Å². The fourth-order valence-electron chi connectivity index (χ4n) is 2.27. The number of ether oxygens (including phenoxy) is 2. The molecule has 1 aromatic carbocycles. The molecule has 2 rings (SSSR count). The van der Waals surface area contributed by atoms with E-state index < -0.39 is 23.2 Å². The summed E-state index contributed by atoms with van der Waals surface area (Å²) in [5.41, 5.74) is -0.829. The second kappa shape index (κ2) is 8.66. The van der Waals surface area contributed by atoms with Crippen LogP contribution < -0.4 is 5.56 Å². The predicted molar refractivity (Wildman–Crippen MR) is 90.9 cm³/mol. The molecule has 140 valence electrons. The Morgan fingerprint density at radius 1 is 1.27 bits per heavy atom. The van der Waals surface area contributed by atoms with Gasteiger partial charge in [0.15, 0.2) is 0 Å². The molecule has 0 aliphatic heterocycles. The largest absolute Gasteiger partial charge is 0.459 e. The van der Waals surface area contributed by atoms with Crippen LogP contribution in [0.4, 0.5) is 8.78 Å². The Hall–Kier alpha value is -2.61. The Labute approximate surface area is 149 Å². The summed E-state index contributed by atoms with van der Waals surface area (Å²) < 4.78 is 38.3. The Balaban J connectivity index is 2.54. The van der Waals surface area contributed by atoms with Crippen molar-refractivity contribution in [2.75, 3.05) is 13.7 Å². The lowest BCUT2D eigenvalue weighted by molar-refractivity contribution is 0.0331. The molecule has 0 radical (unpaired) electrons. The minimum Gasteiger partial charge on any atom is -0.459 e. The van der Waals surface area contributed by atoms with Crippen molar-refractivity contribution in [3.05, 3.63) is 51.9 Å². The molecule has 0 saturated heterocycles. The molecule has 8 heteroatoms. The topological polar surface area (TPSA) is 70.4 Å². The number of rotatable bonds is 7. The molecule has 6 nitrogen and oxygen atoms in total. The van der Waals surface area contributed by atoms with E-state index in [4.69, 9.17) is 9.47 Å². The smallest absolute Gasteiger partial charge is 0.345 e. The number of carbonyl (C=O) groups is 1. The van der Waals surface area contributed by atoms with E-state index in [1.165, 1.54) is 7.11 Å². The van der Waals surface area contributed by atoms with E-state index in [-0.39, 0.29) is 36.2 Å². The fourth-order valence-corrected chi connectivity index (χ4v) is 2.27. The van der Waals surface area contributed by atoms with Crippen molar-refractivity contribution >= 4 is 5.97 Å². The molecule has 0 amide bonds. The van der Waals surface area contributed by atoms with Crippen LogP contribution in [0.25, 0.3) is 11.4 Å². The van der Waals surface area contributed by atoms with Gasteiger partial charge in [-0.3, -0.25) is 9.36 Å². The van der Waals surface area contributed by atoms with Crippen LogP contribution in [0.2, 0.25) is 0 Å². The SMILES string of the molecule is CCC(C)OC(=O)c1cnc(-c2cc(F)cc(F)c2)n(CCOC)c1=O. The number of halogens is 2. The van der Waals surface area contributed by atoms with Crippen molar-refractivity contribution in [1.29, 1.82) is 0 Å². The maximum absolute atomic E-state index is 13.5. The van der Waals surface area contributed by atoms with E-state index in [1.807, 2.05) is 6.92 Å². The summed E-state index contributed by atoms with van der Waals surface area (Å²) in [5.74, 6) is -2.36. The number of esters is 1. The maximum Gasteiger partial charge on any atom is 0.345 e. The molecule has 26 heavy (non-hydrogen) atoms. The predicted octanol–water partition coefficient (Wildman–Crippen LogP) is 2.79.